The molecule has 2 aromatic heterocycles. The summed E-state index contributed by atoms with van der Waals surface area (Å²) in [6.07, 6.45) is 2.12. The number of carbonyl (C=O) groups is 1. The summed E-state index contributed by atoms with van der Waals surface area (Å²) in [6.45, 7) is 10.2. The second-order valence-electron chi connectivity index (χ2n) is 11.3. The first-order valence-corrected chi connectivity index (χ1v) is 15.3. The SMILES string of the molecule is Cc1ccc(NC(=O)CCN2C(=S)NC(c3ccccn3)C2c2cc(C)n(-c3ccc(N4CCOCC4)cc3)c2C)cc1. The molecule has 2 aliphatic heterocycles. The zero-order valence-electron chi connectivity index (χ0n) is 24.9. The molecule has 0 saturated carbocycles. The Morgan fingerprint density at radius 1 is 1.00 bits per heavy atom. The van der Waals surface area contributed by atoms with Crippen LogP contribution in [0.4, 0.5) is 11.4 Å². The molecule has 0 bridgehead atoms. The second kappa shape index (κ2) is 12.6. The van der Waals surface area contributed by atoms with Crippen LogP contribution in [-0.2, 0) is 9.53 Å². The van der Waals surface area contributed by atoms with Crippen LogP contribution >= 0.6 is 12.2 Å². The van der Waals surface area contributed by atoms with Gasteiger partial charge >= 0.3 is 0 Å². The second-order valence-corrected chi connectivity index (χ2v) is 11.6. The molecule has 2 atom stereocenters. The monoisotopic (exact) mass is 594 g/mol. The highest BCUT2D eigenvalue weighted by molar-refractivity contribution is 7.80. The number of aromatic nitrogens is 2. The number of amides is 1. The van der Waals surface area contributed by atoms with Crippen LogP contribution in [-0.4, -0.2) is 58.3 Å². The molecule has 222 valence electrons. The lowest BCUT2D eigenvalue weighted by atomic mass is 9.96. The summed E-state index contributed by atoms with van der Waals surface area (Å²) in [6, 6.07) is 24.6. The molecule has 2 fully saturated rings. The van der Waals surface area contributed by atoms with E-state index in [4.69, 9.17) is 17.0 Å². The van der Waals surface area contributed by atoms with Crippen LogP contribution in [0.25, 0.3) is 5.69 Å². The van der Waals surface area contributed by atoms with Gasteiger partial charge in [0.05, 0.1) is 31.0 Å². The number of anilines is 2. The molecule has 2 unspecified atom stereocenters. The highest BCUT2D eigenvalue weighted by atomic mass is 32.1. The van der Waals surface area contributed by atoms with Crippen molar-refractivity contribution < 1.29 is 9.53 Å². The normalized spacial score (nSPS) is 18.5. The largest absolute Gasteiger partial charge is 0.378 e. The van der Waals surface area contributed by atoms with Crippen LogP contribution in [0.1, 0.15) is 46.7 Å². The Morgan fingerprint density at radius 2 is 1.72 bits per heavy atom. The minimum Gasteiger partial charge on any atom is -0.378 e. The third-order valence-electron chi connectivity index (χ3n) is 8.39. The molecule has 2 saturated heterocycles. The molecule has 8 nitrogen and oxygen atoms in total. The van der Waals surface area contributed by atoms with Gasteiger partial charge in [0.2, 0.25) is 5.91 Å². The maximum absolute atomic E-state index is 13.0. The molecule has 2 aromatic carbocycles. The molecule has 4 aromatic rings. The van der Waals surface area contributed by atoms with E-state index in [1.807, 2.05) is 55.6 Å². The number of aryl methyl sites for hydroxylation is 2. The van der Waals surface area contributed by atoms with Crippen molar-refractivity contribution in [2.75, 3.05) is 43.1 Å². The van der Waals surface area contributed by atoms with E-state index in [1.165, 1.54) is 5.69 Å². The number of hydrogen-bond donors (Lipinski definition) is 2. The van der Waals surface area contributed by atoms with Crippen molar-refractivity contribution >= 4 is 34.6 Å². The molecule has 1 amide bonds. The maximum atomic E-state index is 13.0. The van der Waals surface area contributed by atoms with E-state index in [2.05, 4.69) is 74.2 Å². The van der Waals surface area contributed by atoms with Gasteiger partial charge in [0, 0.05) is 60.7 Å². The van der Waals surface area contributed by atoms with E-state index in [9.17, 15) is 4.79 Å². The molecule has 2 N–H and O–H groups in total. The summed E-state index contributed by atoms with van der Waals surface area (Å²) in [7, 11) is 0. The molecular formula is C34H38N6O2S. The first-order valence-electron chi connectivity index (χ1n) is 14.9. The minimum atomic E-state index is -0.147. The Kier molecular flexibility index (Phi) is 8.44. The van der Waals surface area contributed by atoms with Crippen molar-refractivity contribution in [3.63, 3.8) is 0 Å². The molecule has 4 heterocycles. The van der Waals surface area contributed by atoms with Gasteiger partial charge < -0.3 is 29.7 Å². The average molecular weight is 595 g/mol. The number of ether oxygens (including phenoxy) is 1. The van der Waals surface area contributed by atoms with E-state index in [0.29, 0.717) is 18.1 Å². The first kappa shape index (κ1) is 28.9. The number of hydrogen-bond acceptors (Lipinski definition) is 5. The van der Waals surface area contributed by atoms with Crippen molar-refractivity contribution in [1.29, 1.82) is 0 Å². The number of rotatable bonds is 8. The van der Waals surface area contributed by atoms with Crippen LogP contribution in [0, 0.1) is 20.8 Å². The van der Waals surface area contributed by atoms with Gasteiger partial charge in [0.15, 0.2) is 5.11 Å². The standard InChI is InChI=1S/C34H38N6O2S/c1-23-7-9-26(10-8-23)36-31(41)15-17-39-33(32(37-34(39)43)30-6-4-5-16-35-30)29-22-24(2)40(25(29)3)28-13-11-27(12-14-28)38-18-20-42-21-19-38/h4-14,16,22,32-33H,15,17-21H2,1-3H3,(H,36,41)(H,37,43). The lowest BCUT2D eigenvalue weighted by Crippen LogP contribution is -2.36. The topological polar surface area (TPSA) is 74.7 Å². The van der Waals surface area contributed by atoms with Gasteiger partial charge in [-0.2, -0.15) is 0 Å². The van der Waals surface area contributed by atoms with Crippen LogP contribution < -0.4 is 15.5 Å². The van der Waals surface area contributed by atoms with Gasteiger partial charge in [-0.1, -0.05) is 23.8 Å². The molecular weight excluding hydrogens is 556 g/mol. The Balaban J connectivity index is 1.28. The van der Waals surface area contributed by atoms with Crippen molar-refractivity contribution in [3.8, 4) is 5.69 Å². The van der Waals surface area contributed by atoms with Gasteiger partial charge in [0.25, 0.3) is 0 Å². The summed E-state index contributed by atoms with van der Waals surface area (Å²) >= 11 is 5.88. The predicted molar refractivity (Wildman–Crippen MR) is 175 cm³/mol. The number of benzene rings is 2. The Labute approximate surface area is 258 Å². The van der Waals surface area contributed by atoms with E-state index in [-0.39, 0.29) is 18.0 Å². The summed E-state index contributed by atoms with van der Waals surface area (Å²) in [5.41, 5.74) is 8.64. The zero-order valence-corrected chi connectivity index (χ0v) is 25.7. The lowest BCUT2D eigenvalue weighted by Gasteiger charge is -2.29. The van der Waals surface area contributed by atoms with Crippen molar-refractivity contribution in [2.24, 2.45) is 0 Å². The molecule has 43 heavy (non-hydrogen) atoms. The fraction of sp³-hybridized carbons (Fsp3) is 0.324. The van der Waals surface area contributed by atoms with Crippen LogP contribution in [0.15, 0.2) is 79.0 Å². The quantitative estimate of drug-likeness (QED) is 0.256. The predicted octanol–water partition coefficient (Wildman–Crippen LogP) is 5.64. The van der Waals surface area contributed by atoms with Gasteiger partial charge in [-0.05, 0) is 93.1 Å². The molecule has 9 heteroatoms. The molecule has 0 radical (unpaired) electrons. The number of morpholine rings is 1. The zero-order chi connectivity index (χ0) is 29.9. The number of nitrogens with zero attached hydrogens (tertiary/aromatic N) is 4. The fourth-order valence-corrected chi connectivity index (χ4v) is 6.52. The average Bonchev–Trinajstić information content (AvgIpc) is 3.52. The maximum Gasteiger partial charge on any atom is 0.226 e. The van der Waals surface area contributed by atoms with Gasteiger partial charge in [-0.25, -0.2) is 0 Å². The van der Waals surface area contributed by atoms with E-state index >= 15 is 0 Å². The fourth-order valence-electron chi connectivity index (χ4n) is 6.19. The molecule has 0 aliphatic carbocycles. The number of pyridine rings is 1. The van der Waals surface area contributed by atoms with Crippen molar-refractivity contribution in [1.82, 2.24) is 19.8 Å². The number of thiocarbonyl (C=S) groups is 1. The molecule has 6 rings (SSSR count). The van der Waals surface area contributed by atoms with Crippen LogP contribution in [0.3, 0.4) is 0 Å². The Bertz CT molecular complexity index is 1580. The third-order valence-corrected chi connectivity index (χ3v) is 8.74. The minimum absolute atomic E-state index is 0.0440. The summed E-state index contributed by atoms with van der Waals surface area (Å²) in [4.78, 5) is 22.2. The Morgan fingerprint density at radius 3 is 2.42 bits per heavy atom. The Hall–Kier alpha value is -4.21. The number of carbonyl (C=O) groups excluding carboxylic acids is 1. The smallest absolute Gasteiger partial charge is 0.226 e. The molecule has 0 spiro atoms. The summed E-state index contributed by atoms with van der Waals surface area (Å²) in [5.74, 6) is -0.0440. The highest BCUT2D eigenvalue weighted by Crippen LogP contribution is 2.41. The van der Waals surface area contributed by atoms with E-state index in [1.54, 1.807) is 0 Å². The van der Waals surface area contributed by atoms with E-state index in [0.717, 1.165) is 65.9 Å². The summed E-state index contributed by atoms with van der Waals surface area (Å²) in [5, 5.41) is 7.18. The first-order chi connectivity index (χ1) is 20.9. The van der Waals surface area contributed by atoms with Crippen LogP contribution in [0.5, 0.6) is 0 Å². The van der Waals surface area contributed by atoms with Gasteiger partial charge in [-0.3, -0.25) is 9.78 Å². The van der Waals surface area contributed by atoms with E-state index < -0.39 is 0 Å². The van der Waals surface area contributed by atoms with Crippen molar-refractivity contribution in [3.05, 3.63) is 107 Å². The lowest BCUT2D eigenvalue weighted by molar-refractivity contribution is -0.116. The third kappa shape index (κ3) is 6.14. The molecule has 2 aliphatic rings. The highest BCUT2D eigenvalue weighted by Gasteiger charge is 2.41. The van der Waals surface area contributed by atoms with Gasteiger partial charge in [0.1, 0.15) is 0 Å². The van der Waals surface area contributed by atoms with Crippen molar-refractivity contribution in [2.45, 2.75) is 39.3 Å². The van der Waals surface area contributed by atoms with Crippen LogP contribution in [0.2, 0.25) is 0 Å². The summed E-state index contributed by atoms with van der Waals surface area (Å²) < 4.78 is 7.83. The van der Waals surface area contributed by atoms with Gasteiger partial charge in [-0.15, -0.1) is 0 Å². The number of nitrogens with one attached hydrogen (secondary N) is 2.